The lowest BCUT2D eigenvalue weighted by atomic mass is 10.1. The van der Waals surface area contributed by atoms with E-state index in [2.05, 4.69) is 16.4 Å². The van der Waals surface area contributed by atoms with Gasteiger partial charge < -0.3 is 10.1 Å². The maximum atomic E-state index is 11.3. The molecular weight excluding hydrogens is 242 g/mol. The molecule has 1 aromatic carbocycles. The van der Waals surface area contributed by atoms with Crippen LogP contribution in [0.3, 0.4) is 0 Å². The van der Waals surface area contributed by atoms with E-state index in [-0.39, 0.29) is 12.5 Å². The Hall–Kier alpha value is -2.61. The zero-order valence-electron chi connectivity index (χ0n) is 10.5. The summed E-state index contributed by atoms with van der Waals surface area (Å²) in [7, 11) is 0. The van der Waals surface area contributed by atoms with Crippen molar-refractivity contribution < 1.29 is 9.53 Å². The summed E-state index contributed by atoms with van der Waals surface area (Å²) >= 11 is 0. The molecule has 0 amide bonds. The molecule has 1 heterocycles. The number of hydrogen-bond donors (Lipinski definition) is 1. The van der Waals surface area contributed by atoms with Crippen LogP contribution in [0, 0.1) is 11.3 Å². The van der Waals surface area contributed by atoms with Crippen molar-refractivity contribution >= 4 is 22.7 Å². The summed E-state index contributed by atoms with van der Waals surface area (Å²) < 4.78 is 4.81. The van der Waals surface area contributed by atoms with E-state index < -0.39 is 0 Å². The fourth-order valence-corrected chi connectivity index (χ4v) is 1.70. The molecule has 0 bridgehead atoms. The number of esters is 1. The number of benzene rings is 1. The number of para-hydroxylation sites is 1. The zero-order valence-corrected chi connectivity index (χ0v) is 10.5. The van der Waals surface area contributed by atoms with Crippen molar-refractivity contribution in [1.29, 1.82) is 5.26 Å². The lowest BCUT2D eigenvalue weighted by Crippen LogP contribution is -2.17. The predicted octanol–water partition coefficient (Wildman–Crippen LogP) is 2.08. The Morgan fingerprint density at radius 3 is 3.00 bits per heavy atom. The molecular formula is C14H13N3O2. The van der Waals surface area contributed by atoms with E-state index in [1.807, 2.05) is 24.3 Å². The fraction of sp³-hybridized carbons (Fsp3) is 0.214. The number of carbonyl (C=O) groups is 1. The van der Waals surface area contributed by atoms with E-state index in [4.69, 9.17) is 10.00 Å². The summed E-state index contributed by atoms with van der Waals surface area (Å²) in [6.07, 6.45) is 0. The number of nitrogens with one attached hydrogen (secondary N) is 1. The van der Waals surface area contributed by atoms with E-state index >= 15 is 0 Å². The van der Waals surface area contributed by atoms with Gasteiger partial charge in [-0.15, -0.1) is 0 Å². The van der Waals surface area contributed by atoms with Crippen LogP contribution >= 0.6 is 0 Å². The smallest absolute Gasteiger partial charge is 0.325 e. The number of pyridine rings is 1. The van der Waals surface area contributed by atoms with Crippen molar-refractivity contribution in [2.24, 2.45) is 0 Å². The highest BCUT2D eigenvalue weighted by molar-refractivity contribution is 5.83. The predicted molar refractivity (Wildman–Crippen MR) is 71.6 cm³/mol. The first-order valence-corrected chi connectivity index (χ1v) is 5.94. The third kappa shape index (κ3) is 2.99. The number of carbonyl (C=O) groups excluding carboxylic acids is 1. The van der Waals surface area contributed by atoms with Crippen LogP contribution in [0.1, 0.15) is 12.5 Å². The molecule has 0 aliphatic rings. The van der Waals surface area contributed by atoms with Gasteiger partial charge in [-0.2, -0.15) is 5.26 Å². The Bertz CT molecular complexity index is 647. The zero-order chi connectivity index (χ0) is 13.7. The lowest BCUT2D eigenvalue weighted by Gasteiger charge is -2.08. The average molecular weight is 255 g/mol. The fourth-order valence-electron chi connectivity index (χ4n) is 1.70. The molecule has 5 heteroatoms. The highest BCUT2D eigenvalue weighted by Gasteiger charge is 2.08. The van der Waals surface area contributed by atoms with Crippen molar-refractivity contribution in [2.45, 2.75) is 6.92 Å². The molecule has 0 unspecified atom stereocenters. The molecule has 96 valence electrons. The van der Waals surface area contributed by atoms with Gasteiger partial charge in [0.25, 0.3) is 0 Å². The van der Waals surface area contributed by atoms with E-state index in [1.54, 1.807) is 13.0 Å². The SMILES string of the molecule is CCOC(=O)CNc1nc2ccccc2cc1C#N. The molecule has 2 rings (SSSR count). The van der Waals surface area contributed by atoms with E-state index in [9.17, 15) is 4.79 Å². The molecule has 0 aliphatic heterocycles. The van der Waals surface area contributed by atoms with Gasteiger partial charge in [0.05, 0.1) is 17.7 Å². The Morgan fingerprint density at radius 1 is 1.47 bits per heavy atom. The van der Waals surface area contributed by atoms with Gasteiger partial charge in [-0.25, -0.2) is 4.98 Å². The maximum Gasteiger partial charge on any atom is 0.325 e. The van der Waals surface area contributed by atoms with E-state index in [0.29, 0.717) is 18.0 Å². The maximum absolute atomic E-state index is 11.3. The number of hydrogen-bond acceptors (Lipinski definition) is 5. The first-order chi connectivity index (χ1) is 9.24. The molecule has 0 saturated heterocycles. The van der Waals surface area contributed by atoms with Crippen LogP contribution in [0.2, 0.25) is 0 Å². The molecule has 5 nitrogen and oxygen atoms in total. The van der Waals surface area contributed by atoms with Gasteiger partial charge in [0, 0.05) is 5.39 Å². The van der Waals surface area contributed by atoms with Crippen LogP contribution in [0.5, 0.6) is 0 Å². The van der Waals surface area contributed by atoms with Gasteiger partial charge in [0.15, 0.2) is 0 Å². The standard InChI is InChI=1S/C14H13N3O2/c1-2-19-13(18)9-16-14-11(8-15)7-10-5-3-4-6-12(10)17-14/h3-7H,2,9H2,1H3,(H,16,17). The van der Waals surface area contributed by atoms with Crippen LogP contribution < -0.4 is 5.32 Å². The summed E-state index contributed by atoms with van der Waals surface area (Å²) in [6.45, 7) is 2.07. The monoisotopic (exact) mass is 255 g/mol. The summed E-state index contributed by atoms with van der Waals surface area (Å²) in [6, 6.07) is 11.3. The van der Waals surface area contributed by atoms with Crippen molar-refractivity contribution in [2.75, 3.05) is 18.5 Å². The van der Waals surface area contributed by atoms with Crippen LogP contribution in [-0.2, 0) is 9.53 Å². The van der Waals surface area contributed by atoms with Crippen molar-refractivity contribution in [3.8, 4) is 6.07 Å². The minimum Gasteiger partial charge on any atom is -0.465 e. The molecule has 0 saturated carbocycles. The highest BCUT2D eigenvalue weighted by Crippen LogP contribution is 2.19. The van der Waals surface area contributed by atoms with Crippen LogP contribution in [0.4, 0.5) is 5.82 Å². The van der Waals surface area contributed by atoms with Crippen LogP contribution in [0.25, 0.3) is 10.9 Å². The Kier molecular flexibility index (Phi) is 3.94. The first-order valence-electron chi connectivity index (χ1n) is 5.94. The number of ether oxygens (including phenoxy) is 1. The molecule has 0 radical (unpaired) electrons. The van der Waals surface area contributed by atoms with E-state index in [1.165, 1.54) is 0 Å². The minimum atomic E-state index is -0.374. The number of nitriles is 1. The average Bonchev–Trinajstić information content (AvgIpc) is 2.44. The van der Waals surface area contributed by atoms with Crippen LogP contribution in [-0.4, -0.2) is 24.1 Å². The summed E-state index contributed by atoms with van der Waals surface area (Å²) in [5, 5.41) is 12.8. The second-order valence-electron chi connectivity index (χ2n) is 3.85. The molecule has 0 spiro atoms. The second-order valence-corrected chi connectivity index (χ2v) is 3.85. The number of nitrogens with zero attached hydrogens (tertiary/aromatic N) is 2. The van der Waals surface area contributed by atoms with Crippen molar-refractivity contribution in [1.82, 2.24) is 4.98 Å². The van der Waals surface area contributed by atoms with E-state index in [0.717, 1.165) is 10.9 Å². The molecule has 0 atom stereocenters. The molecule has 0 fully saturated rings. The summed E-state index contributed by atoms with van der Waals surface area (Å²) in [5.74, 6) is 0.0237. The Balaban J connectivity index is 2.26. The number of fused-ring (bicyclic) bond motifs is 1. The summed E-state index contributed by atoms with van der Waals surface area (Å²) in [4.78, 5) is 15.6. The molecule has 1 aromatic heterocycles. The number of rotatable bonds is 4. The Morgan fingerprint density at radius 2 is 2.26 bits per heavy atom. The normalized spacial score (nSPS) is 9.89. The lowest BCUT2D eigenvalue weighted by molar-refractivity contribution is -0.140. The first kappa shape index (κ1) is 12.8. The van der Waals surface area contributed by atoms with Gasteiger partial charge in [-0.3, -0.25) is 4.79 Å². The van der Waals surface area contributed by atoms with Gasteiger partial charge >= 0.3 is 5.97 Å². The summed E-state index contributed by atoms with van der Waals surface area (Å²) in [5.41, 5.74) is 1.18. The third-order valence-electron chi connectivity index (χ3n) is 2.55. The molecule has 2 aromatic rings. The van der Waals surface area contributed by atoms with Crippen molar-refractivity contribution in [3.05, 3.63) is 35.9 Å². The van der Waals surface area contributed by atoms with Crippen LogP contribution in [0.15, 0.2) is 30.3 Å². The Labute approximate surface area is 110 Å². The number of aromatic nitrogens is 1. The quantitative estimate of drug-likeness (QED) is 0.846. The van der Waals surface area contributed by atoms with Gasteiger partial charge in [-0.1, -0.05) is 18.2 Å². The van der Waals surface area contributed by atoms with Crippen molar-refractivity contribution in [3.63, 3.8) is 0 Å². The second kappa shape index (κ2) is 5.83. The van der Waals surface area contributed by atoms with Gasteiger partial charge in [0.1, 0.15) is 18.4 Å². The highest BCUT2D eigenvalue weighted by atomic mass is 16.5. The third-order valence-corrected chi connectivity index (χ3v) is 2.55. The minimum absolute atomic E-state index is 0.00609. The number of anilines is 1. The molecule has 0 aliphatic carbocycles. The molecule has 19 heavy (non-hydrogen) atoms. The topological polar surface area (TPSA) is 75.0 Å². The molecule has 1 N–H and O–H groups in total. The van der Waals surface area contributed by atoms with Gasteiger partial charge in [-0.05, 0) is 19.1 Å². The largest absolute Gasteiger partial charge is 0.465 e. The van der Waals surface area contributed by atoms with Gasteiger partial charge in [0.2, 0.25) is 0 Å².